The molecule has 3 aromatic carbocycles. The van der Waals surface area contributed by atoms with Crippen molar-refractivity contribution < 1.29 is 22.8 Å². The molecule has 37 heavy (non-hydrogen) atoms. The highest BCUT2D eigenvalue weighted by atomic mass is 35.5. The summed E-state index contributed by atoms with van der Waals surface area (Å²) in [4.78, 5) is 10.3. The SMILES string of the molecule is CCCOc1ccc(C=NNc2ccc([N+](=O)[O-])cc2S(=O)(=O)Nc2ccccc2Cl)c(OCCC)c1. The lowest BCUT2D eigenvalue weighted by Gasteiger charge is -2.13. The summed E-state index contributed by atoms with van der Waals surface area (Å²) in [5.74, 6) is 1.21. The summed E-state index contributed by atoms with van der Waals surface area (Å²) in [5, 5.41) is 15.7. The fraction of sp³-hybridized carbons (Fsp3) is 0.240. The quantitative estimate of drug-likeness (QED) is 0.151. The van der Waals surface area contributed by atoms with Crippen LogP contribution < -0.4 is 19.6 Å². The third-order valence-electron chi connectivity index (χ3n) is 4.89. The number of non-ortho nitro benzene ring substituents is 1. The van der Waals surface area contributed by atoms with Gasteiger partial charge in [-0.25, -0.2) is 8.42 Å². The monoisotopic (exact) mass is 546 g/mol. The number of ether oxygens (including phenoxy) is 2. The molecule has 3 aromatic rings. The molecule has 0 aliphatic carbocycles. The minimum atomic E-state index is -4.27. The van der Waals surface area contributed by atoms with Gasteiger partial charge >= 0.3 is 0 Å². The van der Waals surface area contributed by atoms with Crippen LogP contribution in [0.5, 0.6) is 11.5 Å². The van der Waals surface area contributed by atoms with Crippen LogP contribution in [0, 0.1) is 10.1 Å². The summed E-state index contributed by atoms with van der Waals surface area (Å²) in [6.45, 7) is 5.06. The van der Waals surface area contributed by atoms with Gasteiger partial charge in [0.15, 0.2) is 0 Å². The molecule has 0 aliphatic rings. The molecule has 0 bridgehead atoms. The van der Waals surface area contributed by atoms with E-state index < -0.39 is 20.6 Å². The highest BCUT2D eigenvalue weighted by Gasteiger charge is 2.23. The fourth-order valence-electron chi connectivity index (χ4n) is 3.12. The summed E-state index contributed by atoms with van der Waals surface area (Å²) in [6.07, 6.45) is 3.13. The average molecular weight is 547 g/mol. The van der Waals surface area contributed by atoms with Crippen LogP contribution in [0.15, 0.2) is 70.7 Å². The van der Waals surface area contributed by atoms with Gasteiger partial charge in [-0.05, 0) is 43.2 Å². The van der Waals surface area contributed by atoms with Gasteiger partial charge in [-0.1, -0.05) is 37.6 Å². The molecule has 0 saturated carbocycles. The number of nitro groups is 1. The molecule has 12 heteroatoms. The van der Waals surface area contributed by atoms with Crippen molar-refractivity contribution >= 4 is 44.9 Å². The molecule has 2 N–H and O–H groups in total. The number of nitrogens with one attached hydrogen (secondary N) is 2. The maximum Gasteiger partial charge on any atom is 0.270 e. The van der Waals surface area contributed by atoms with Crippen molar-refractivity contribution in [3.8, 4) is 11.5 Å². The van der Waals surface area contributed by atoms with E-state index in [0.29, 0.717) is 30.3 Å². The maximum absolute atomic E-state index is 13.2. The van der Waals surface area contributed by atoms with Crippen LogP contribution in [0.1, 0.15) is 32.3 Å². The molecular formula is C25H27ClN4O6S. The average Bonchev–Trinajstić information content (AvgIpc) is 2.88. The summed E-state index contributed by atoms with van der Waals surface area (Å²) in [5.41, 5.74) is 3.07. The second kappa shape index (κ2) is 12.9. The Morgan fingerprint density at radius 2 is 1.73 bits per heavy atom. The predicted molar refractivity (Wildman–Crippen MR) is 145 cm³/mol. The largest absolute Gasteiger partial charge is 0.493 e. The minimum Gasteiger partial charge on any atom is -0.493 e. The van der Waals surface area contributed by atoms with Gasteiger partial charge in [-0.2, -0.15) is 5.10 Å². The number of halogens is 1. The summed E-state index contributed by atoms with van der Waals surface area (Å²) in [7, 11) is -4.27. The molecule has 0 unspecified atom stereocenters. The normalized spacial score (nSPS) is 11.3. The van der Waals surface area contributed by atoms with Gasteiger partial charge in [0.05, 0.1) is 40.7 Å². The number of hydrazone groups is 1. The first kappa shape index (κ1) is 27.8. The van der Waals surface area contributed by atoms with E-state index in [1.165, 1.54) is 30.5 Å². The van der Waals surface area contributed by atoms with Crippen molar-refractivity contribution in [3.63, 3.8) is 0 Å². The van der Waals surface area contributed by atoms with Crippen LogP contribution in [0.2, 0.25) is 5.02 Å². The fourth-order valence-corrected chi connectivity index (χ4v) is 4.62. The molecule has 0 radical (unpaired) electrons. The lowest BCUT2D eigenvalue weighted by molar-refractivity contribution is -0.385. The standard InChI is InChI=1S/C25H27ClN4O6S/c1-3-13-35-20-11-9-18(24(16-20)36-14-4-2)17-27-28-23-12-10-19(30(31)32)15-25(23)37(33,34)29-22-8-6-5-7-21(22)26/h5-12,15-17,28-29H,3-4,13-14H2,1-2H3. The van der Waals surface area contributed by atoms with Gasteiger partial charge in [0.1, 0.15) is 16.4 Å². The van der Waals surface area contributed by atoms with Crippen molar-refractivity contribution in [2.75, 3.05) is 23.4 Å². The Bertz CT molecular complexity index is 1380. The Hall–Kier alpha value is -3.83. The van der Waals surface area contributed by atoms with E-state index in [9.17, 15) is 18.5 Å². The van der Waals surface area contributed by atoms with E-state index in [-0.39, 0.29) is 21.3 Å². The van der Waals surface area contributed by atoms with E-state index >= 15 is 0 Å². The van der Waals surface area contributed by atoms with Crippen LogP contribution in [0.3, 0.4) is 0 Å². The Balaban J connectivity index is 1.91. The van der Waals surface area contributed by atoms with Crippen LogP contribution in [-0.2, 0) is 10.0 Å². The van der Waals surface area contributed by atoms with E-state index in [4.69, 9.17) is 21.1 Å². The predicted octanol–water partition coefficient (Wildman–Crippen LogP) is 6.07. The number of sulfonamides is 1. The number of anilines is 2. The zero-order valence-corrected chi connectivity index (χ0v) is 21.9. The van der Waals surface area contributed by atoms with Crippen LogP contribution in [0.25, 0.3) is 0 Å². The molecule has 0 saturated heterocycles. The second-order valence-corrected chi connectivity index (χ2v) is 9.85. The Morgan fingerprint density at radius 1 is 1.00 bits per heavy atom. The van der Waals surface area contributed by atoms with Crippen molar-refractivity contribution in [1.29, 1.82) is 0 Å². The molecule has 10 nitrogen and oxygen atoms in total. The first-order chi connectivity index (χ1) is 17.7. The first-order valence-electron chi connectivity index (χ1n) is 11.5. The summed E-state index contributed by atoms with van der Waals surface area (Å²) < 4.78 is 40.2. The zero-order chi connectivity index (χ0) is 26.8. The van der Waals surface area contributed by atoms with Gasteiger partial charge in [-0.3, -0.25) is 20.3 Å². The van der Waals surface area contributed by atoms with E-state index in [1.54, 1.807) is 30.3 Å². The Kier molecular flexibility index (Phi) is 9.70. The lowest BCUT2D eigenvalue weighted by atomic mass is 10.2. The molecule has 0 aromatic heterocycles. The number of para-hydroxylation sites is 1. The molecular weight excluding hydrogens is 520 g/mol. The smallest absolute Gasteiger partial charge is 0.270 e. The molecule has 0 fully saturated rings. The van der Waals surface area contributed by atoms with Gasteiger partial charge in [0.2, 0.25) is 0 Å². The molecule has 0 aliphatic heterocycles. The third-order valence-corrected chi connectivity index (χ3v) is 6.63. The van der Waals surface area contributed by atoms with Gasteiger partial charge in [0, 0.05) is 23.8 Å². The number of rotatable bonds is 13. The highest BCUT2D eigenvalue weighted by molar-refractivity contribution is 7.93. The van der Waals surface area contributed by atoms with Crippen LogP contribution >= 0.6 is 11.6 Å². The van der Waals surface area contributed by atoms with Crippen molar-refractivity contribution in [3.05, 3.63) is 81.4 Å². The van der Waals surface area contributed by atoms with Crippen molar-refractivity contribution in [1.82, 2.24) is 0 Å². The van der Waals surface area contributed by atoms with Crippen LogP contribution in [0.4, 0.5) is 17.1 Å². The molecule has 0 atom stereocenters. The maximum atomic E-state index is 13.2. The van der Waals surface area contributed by atoms with E-state index in [2.05, 4.69) is 15.2 Å². The lowest BCUT2D eigenvalue weighted by Crippen LogP contribution is -2.15. The van der Waals surface area contributed by atoms with Gasteiger partial charge < -0.3 is 9.47 Å². The Morgan fingerprint density at radius 3 is 2.43 bits per heavy atom. The van der Waals surface area contributed by atoms with E-state index in [1.807, 2.05) is 13.8 Å². The number of nitro benzene ring substituents is 1. The molecule has 0 spiro atoms. The van der Waals surface area contributed by atoms with E-state index in [0.717, 1.165) is 18.9 Å². The number of benzene rings is 3. The first-order valence-corrected chi connectivity index (χ1v) is 13.4. The molecule has 0 heterocycles. The van der Waals surface area contributed by atoms with Crippen molar-refractivity contribution in [2.45, 2.75) is 31.6 Å². The van der Waals surface area contributed by atoms with Crippen molar-refractivity contribution in [2.24, 2.45) is 5.10 Å². The molecule has 0 amide bonds. The highest BCUT2D eigenvalue weighted by Crippen LogP contribution is 2.30. The molecule has 3 rings (SSSR count). The summed E-state index contributed by atoms with van der Waals surface area (Å²) >= 11 is 6.09. The number of nitrogens with zero attached hydrogens (tertiary/aromatic N) is 2. The summed E-state index contributed by atoms with van der Waals surface area (Å²) in [6, 6.07) is 15.0. The number of hydrogen-bond acceptors (Lipinski definition) is 8. The topological polar surface area (TPSA) is 132 Å². The van der Waals surface area contributed by atoms with Gasteiger partial charge in [-0.15, -0.1) is 0 Å². The molecule has 196 valence electrons. The third kappa shape index (κ3) is 7.58. The van der Waals surface area contributed by atoms with Crippen LogP contribution in [-0.4, -0.2) is 32.8 Å². The second-order valence-electron chi connectivity index (χ2n) is 7.79. The minimum absolute atomic E-state index is 0.0281. The Labute approximate surface area is 220 Å². The number of hydrogen-bond donors (Lipinski definition) is 2. The zero-order valence-electron chi connectivity index (χ0n) is 20.3. The van der Waals surface area contributed by atoms with Gasteiger partial charge in [0.25, 0.3) is 15.7 Å².